The molecule has 0 radical (unpaired) electrons. The number of carbonyl (C=O) groups excluding carboxylic acids is 3. The van der Waals surface area contributed by atoms with E-state index in [1.807, 2.05) is 24.3 Å². The van der Waals surface area contributed by atoms with E-state index in [0.29, 0.717) is 5.00 Å². The Kier molecular flexibility index (Phi) is 4.53. The van der Waals surface area contributed by atoms with Gasteiger partial charge in [-0.15, -0.1) is 11.3 Å². The maximum Gasteiger partial charge on any atom is 0.355 e. The molecule has 1 aromatic carbocycles. The highest BCUT2D eigenvalue weighted by Gasteiger charge is 2.22. The minimum Gasteiger partial charge on any atom is -0.448 e. The van der Waals surface area contributed by atoms with Gasteiger partial charge >= 0.3 is 5.97 Å². The number of aromatic nitrogens is 1. The van der Waals surface area contributed by atoms with Crippen molar-refractivity contribution in [3.05, 3.63) is 53.0 Å². The molecule has 0 aliphatic heterocycles. The number of para-hydroxylation sites is 1. The van der Waals surface area contributed by atoms with Gasteiger partial charge < -0.3 is 20.8 Å². The van der Waals surface area contributed by atoms with Crippen LogP contribution in [0.4, 0.5) is 5.00 Å². The number of ether oxygens (including phenoxy) is 1. The monoisotopic (exact) mass is 357 g/mol. The van der Waals surface area contributed by atoms with Crippen LogP contribution in [-0.4, -0.2) is 28.9 Å². The van der Waals surface area contributed by atoms with E-state index < -0.39 is 23.9 Å². The van der Waals surface area contributed by atoms with Gasteiger partial charge in [0, 0.05) is 10.9 Å². The van der Waals surface area contributed by atoms with Crippen molar-refractivity contribution in [3.63, 3.8) is 0 Å². The molecule has 2 amide bonds. The molecule has 0 saturated carbocycles. The molecule has 0 spiro atoms. The number of thiophene rings is 1. The fourth-order valence-corrected chi connectivity index (χ4v) is 3.07. The van der Waals surface area contributed by atoms with Gasteiger partial charge in [0.05, 0.1) is 5.56 Å². The number of nitrogens with two attached hydrogens (primary N) is 1. The number of primary amides is 1. The molecule has 3 aromatic rings. The average Bonchev–Trinajstić information content (AvgIpc) is 3.20. The van der Waals surface area contributed by atoms with E-state index in [0.717, 1.165) is 22.2 Å². The van der Waals surface area contributed by atoms with E-state index in [4.69, 9.17) is 10.5 Å². The summed E-state index contributed by atoms with van der Waals surface area (Å²) in [5, 5.41) is 5.38. The van der Waals surface area contributed by atoms with Crippen molar-refractivity contribution in [2.45, 2.75) is 13.0 Å². The van der Waals surface area contributed by atoms with Crippen LogP contribution in [0.25, 0.3) is 10.9 Å². The number of aromatic amines is 1. The quantitative estimate of drug-likeness (QED) is 0.609. The van der Waals surface area contributed by atoms with Crippen molar-refractivity contribution >= 4 is 45.0 Å². The van der Waals surface area contributed by atoms with Crippen LogP contribution in [0.1, 0.15) is 27.8 Å². The first-order valence-corrected chi connectivity index (χ1v) is 8.30. The van der Waals surface area contributed by atoms with Crippen LogP contribution in [-0.2, 0) is 9.53 Å². The lowest BCUT2D eigenvalue weighted by Crippen LogP contribution is -2.30. The molecule has 7 nitrogen and oxygen atoms in total. The van der Waals surface area contributed by atoms with Crippen molar-refractivity contribution in [2.24, 2.45) is 5.73 Å². The molecule has 128 valence electrons. The Morgan fingerprint density at radius 1 is 1.24 bits per heavy atom. The smallest absolute Gasteiger partial charge is 0.355 e. The summed E-state index contributed by atoms with van der Waals surface area (Å²) in [5.41, 5.74) is 6.51. The lowest BCUT2D eigenvalue weighted by Gasteiger charge is -2.12. The van der Waals surface area contributed by atoms with Crippen molar-refractivity contribution in [1.29, 1.82) is 0 Å². The molecule has 0 aliphatic carbocycles. The third kappa shape index (κ3) is 3.53. The number of benzene rings is 1. The van der Waals surface area contributed by atoms with Crippen LogP contribution in [0.3, 0.4) is 0 Å². The van der Waals surface area contributed by atoms with Gasteiger partial charge in [0.25, 0.3) is 11.8 Å². The third-order valence-corrected chi connectivity index (χ3v) is 4.40. The second-order valence-corrected chi connectivity index (χ2v) is 6.25. The summed E-state index contributed by atoms with van der Waals surface area (Å²) in [7, 11) is 0. The first-order valence-electron chi connectivity index (χ1n) is 7.42. The van der Waals surface area contributed by atoms with Crippen LogP contribution in [0.15, 0.2) is 41.8 Å². The lowest BCUT2D eigenvalue weighted by molar-refractivity contribution is -0.123. The lowest BCUT2D eigenvalue weighted by atomic mass is 10.2. The summed E-state index contributed by atoms with van der Waals surface area (Å²) >= 11 is 1.16. The maximum atomic E-state index is 12.2. The molecular weight excluding hydrogens is 342 g/mol. The Morgan fingerprint density at radius 3 is 2.72 bits per heavy atom. The molecule has 2 aromatic heterocycles. The van der Waals surface area contributed by atoms with Crippen molar-refractivity contribution in [1.82, 2.24) is 4.98 Å². The Balaban J connectivity index is 1.67. The number of esters is 1. The number of fused-ring (bicyclic) bond motifs is 1. The van der Waals surface area contributed by atoms with Gasteiger partial charge in [-0.05, 0) is 30.5 Å². The standard InChI is InChI=1S/C17H15N3O4S/c1-9(15(22)20-16-11(14(18)21)6-7-25-16)24-17(23)13-8-10-4-2-3-5-12(10)19-13/h2-9,19H,1H3,(H2,18,21)(H,20,22). The molecule has 0 bridgehead atoms. The number of hydrogen-bond acceptors (Lipinski definition) is 5. The first kappa shape index (κ1) is 16.7. The zero-order valence-electron chi connectivity index (χ0n) is 13.2. The Labute approximate surface area is 146 Å². The second-order valence-electron chi connectivity index (χ2n) is 5.33. The molecular formula is C17H15N3O4S. The fourth-order valence-electron chi connectivity index (χ4n) is 2.27. The molecule has 1 unspecified atom stereocenters. The molecule has 25 heavy (non-hydrogen) atoms. The van der Waals surface area contributed by atoms with Crippen LogP contribution >= 0.6 is 11.3 Å². The number of amides is 2. The molecule has 1 atom stereocenters. The fraction of sp³-hybridized carbons (Fsp3) is 0.118. The van der Waals surface area contributed by atoms with Gasteiger partial charge in [0.1, 0.15) is 10.7 Å². The van der Waals surface area contributed by atoms with Crippen LogP contribution in [0.2, 0.25) is 0 Å². The van der Waals surface area contributed by atoms with Crippen molar-refractivity contribution in [3.8, 4) is 0 Å². The highest BCUT2D eigenvalue weighted by Crippen LogP contribution is 2.23. The topological polar surface area (TPSA) is 114 Å². The Hall–Kier alpha value is -3.13. The number of hydrogen-bond donors (Lipinski definition) is 3. The van der Waals surface area contributed by atoms with Gasteiger partial charge in [-0.3, -0.25) is 9.59 Å². The van der Waals surface area contributed by atoms with Gasteiger partial charge in [0.2, 0.25) is 0 Å². The predicted molar refractivity (Wildman–Crippen MR) is 94.6 cm³/mol. The second kappa shape index (κ2) is 6.78. The average molecular weight is 357 g/mol. The summed E-state index contributed by atoms with van der Waals surface area (Å²) in [5.74, 6) is -1.83. The van der Waals surface area contributed by atoms with E-state index in [2.05, 4.69) is 10.3 Å². The number of rotatable bonds is 5. The molecule has 2 heterocycles. The van der Waals surface area contributed by atoms with Crippen LogP contribution < -0.4 is 11.1 Å². The molecule has 3 rings (SSSR count). The van der Waals surface area contributed by atoms with Gasteiger partial charge in [0.15, 0.2) is 6.10 Å². The highest BCUT2D eigenvalue weighted by molar-refractivity contribution is 7.14. The summed E-state index contributed by atoms with van der Waals surface area (Å²) in [6.07, 6.45) is -1.04. The van der Waals surface area contributed by atoms with E-state index in [-0.39, 0.29) is 11.3 Å². The van der Waals surface area contributed by atoms with Gasteiger partial charge in [-0.1, -0.05) is 18.2 Å². The molecule has 0 aliphatic rings. The Morgan fingerprint density at radius 2 is 2.00 bits per heavy atom. The minimum absolute atomic E-state index is 0.215. The van der Waals surface area contributed by atoms with Gasteiger partial charge in [-0.25, -0.2) is 4.79 Å². The largest absolute Gasteiger partial charge is 0.448 e. The third-order valence-electron chi connectivity index (χ3n) is 3.57. The van der Waals surface area contributed by atoms with Crippen molar-refractivity contribution < 1.29 is 19.1 Å². The maximum absolute atomic E-state index is 12.2. The summed E-state index contributed by atoms with van der Waals surface area (Å²) in [6.45, 7) is 1.45. The number of anilines is 1. The molecule has 0 saturated heterocycles. The highest BCUT2D eigenvalue weighted by atomic mass is 32.1. The zero-order valence-corrected chi connectivity index (χ0v) is 14.1. The Bertz CT molecular complexity index is 927. The summed E-state index contributed by atoms with van der Waals surface area (Å²) < 4.78 is 5.18. The number of nitrogens with one attached hydrogen (secondary N) is 2. The van der Waals surface area contributed by atoms with E-state index in [1.54, 1.807) is 11.4 Å². The van der Waals surface area contributed by atoms with E-state index in [9.17, 15) is 14.4 Å². The summed E-state index contributed by atoms with van der Waals surface area (Å²) in [6, 6.07) is 10.6. The van der Waals surface area contributed by atoms with Gasteiger partial charge in [-0.2, -0.15) is 0 Å². The SMILES string of the molecule is CC(OC(=O)c1cc2ccccc2[nH]1)C(=O)Nc1sccc1C(N)=O. The van der Waals surface area contributed by atoms with Crippen LogP contribution in [0, 0.1) is 0 Å². The molecule has 4 N–H and O–H groups in total. The summed E-state index contributed by atoms with van der Waals surface area (Å²) in [4.78, 5) is 38.6. The normalized spacial score (nSPS) is 11.9. The van der Waals surface area contributed by atoms with Crippen LogP contribution in [0.5, 0.6) is 0 Å². The number of H-pyrrole nitrogens is 1. The minimum atomic E-state index is -1.04. The van der Waals surface area contributed by atoms with E-state index >= 15 is 0 Å². The zero-order chi connectivity index (χ0) is 18.0. The van der Waals surface area contributed by atoms with Crippen molar-refractivity contribution in [2.75, 3.05) is 5.32 Å². The van der Waals surface area contributed by atoms with E-state index in [1.165, 1.54) is 13.0 Å². The molecule has 8 heteroatoms. The number of carbonyl (C=O) groups is 3. The molecule has 0 fully saturated rings. The first-order chi connectivity index (χ1) is 12.0. The predicted octanol–water partition coefficient (Wildman–Crippen LogP) is 2.51.